The van der Waals surface area contributed by atoms with Crippen LogP contribution >= 0.6 is 11.3 Å². The Kier molecular flexibility index (Phi) is 7.23. The molecular weight excluding hydrogens is 398 g/mol. The van der Waals surface area contributed by atoms with Crippen LogP contribution in [0.3, 0.4) is 0 Å². The summed E-state index contributed by atoms with van der Waals surface area (Å²) in [5.74, 6) is 0.0124. The lowest BCUT2D eigenvalue weighted by Crippen LogP contribution is -2.35. The molecule has 0 spiro atoms. The van der Waals surface area contributed by atoms with Gasteiger partial charge in [-0.3, -0.25) is 9.69 Å². The van der Waals surface area contributed by atoms with E-state index in [0.29, 0.717) is 13.0 Å². The third-order valence-electron chi connectivity index (χ3n) is 5.08. The number of nitrogens with one attached hydrogen (secondary N) is 1. The van der Waals surface area contributed by atoms with Gasteiger partial charge in [0.05, 0.1) is 31.7 Å². The lowest BCUT2D eigenvalue weighted by Gasteiger charge is -2.26. The van der Waals surface area contributed by atoms with E-state index < -0.39 is 0 Å². The summed E-state index contributed by atoms with van der Waals surface area (Å²) in [6.45, 7) is 6.07. The maximum absolute atomic E-state index is 12.2. The number of hydrogen-bond donors (Lipinski definition) is 1. The number of aromatic nitrogens is 3. The molecule has 30 heavy (non-hydrogen) atoms. The van der Waals surface area contributed by atoms with Gasteiger partial charge in [0.25, 0.3) is 0 Å². The fourth-order valence-electron chi connectivity index (χ4n) is 3.43. The fraction of sp³-hybridized carbons (Fsp3) is 0.409. The summed E-state index contributed by atoms with van der Waals surface area (Å²) in [5, 5.41) is 5.90. The number of benzene rings is 1. The molecule has 7 nitrogen and oxygen atoms in total. The SMILES string of the molecule is O=C(Cc1csc(-c2ccc(CN3CCOCC3)cc2)n1)NCCCn1ccnc1. The first kappa shape index (κ1) is 20.7. The van der Waals surface area contributed by atoms with Crippen molar-refractivity contribution >= 4 is 17.2 Å². The molecule has 1 saturated heterocycles. The number of rotatable bonds is 9. The number of amides is 1. The number of carbonyl (C=O) groups excluding carboxylic acids is 1. The number of nitrogens with zero attached hydrogens (tertiary/aromatic N) is 4. The zero-order chi connectivity index (χ0) is 20.6. The van der Waals surface area contributed by atoms with Gasteiger partial charge >= 0.3 is 0 Å². The Labute approximate surface area is 180 Å². The Morgan fingerprint density at radius 1 is 1.20 bits per heavy atom. The van der Waals surface area contributed by atoms with Crippen LogP contribution in [0.25, 0.3) is 10.6 Å². The van der Waals surface area contributed by atoms with Crippen LogP contribution < -0.4 is 5.32 Å². The highest BCUT2D eigenvalue weighted by Gasteiger charge is 2.12. The maximum atomic E-state index is 12.2. The highest BCUT2D eigenvalue weighted by Crippen LogP contribution is 2.24. The van der Waals surface area contributed by atoms with Gasteiger partial charge in [0.2, 0.25) is 5.91 Å². The van der Waals surface area contributed by atoms with E-state index in [-0.39, 0.29) is 5.91 Å². The number of ether oxygens (including phenoxy) is 1. The summed E-state index contributed by atoms with van der Waals surface area (Å²) < 4.78 is 7.41. The second-order valence-corrected chi connectivity index (χ2v) is 8.27. The summed E-state index contributed by atoms with van der Waals surface area (Å²) in [6.07, 6.45) is 6.66. The number of morpholine rings is 1. The smallest absolute Gasteiger partial charge is 0.226 e. The molecular formula is C22H27N5O2S. The van der Waals surface area contributed by atoms with E-state index >= 15 is 0 Å². The van der Waals surface area contributed by atoms with Gasteiger partial charge in [-0.1, -0.05) is 24.3 Å². The van der Waals surface area contributed by atoms with E-state index in [4.69, 9.17) is 4.74 Å². The molecule has 1 amide bonds. The Hall–Kier alpha value is -2.55. The average Bonchev–Trinajstić information content (AvgIpc) is 3.45. The van der Waals surface area contributed by atoms with Crippen molar-refractivity contribution in [1.82, 2.24) is 24.8 Å². The van der Waals surface area contributed by atoms with Gasteiger partial charge in [0.1, 0.15) is 5.01 Å². The Morgan fingerprint density at radius 3 is 2.80 bits per heavy atom. The van der Waals surface area contributed by atoms with Crippen molar-refractivity contribution in [3.8, 4) is 10.6 Å². The molecule has 0 radical (unpaired) electrons. The van der Waals surface area contributed by atoms with Crippen LogP contribution in [0.1, 0.15) is 17.7 Å². The zero-order valence-corrected chi connectivity index (χ0v) is 17.8. The molecule has 1 aliphatic heterocycles. The fourth-order valence-corrected chi connectivity index (χ4v) is 4.25. The van der Waals surface area contributed by atoms with Crippen LogP contribution in [0.15, 0.2) is 48.4 Å². The van der Waals surface area contributed by atoms with Crippen molar-refractivity contribution in [1.29, 1.82) is 0 Å². The molecule has 0 atom stereocenters. The second kappa shape index (κ2) is 10.5. The average molecular weight is 426 g/mol. The topological polar surface area (TPSA) is 72.3 Å². The Morgan fingerprint density at radius 2 is 2.03 bits per heavy atom. The molecule has 2 aromatic heterocycles. The van der Waals surface area contributed by atoms with Gasteiger partial charge < -0.3 is 14.6 Å². The molecule has 1 fully saturated rings. The summed E-state index contributed by atoms with van der Waals surface area (Å²) in [6, 6.07) is 8.57. The predicted octanol–water partition coefficient (Wildman–Crippen LogP) is 2.59. The van der Waals surface area contributed by atoms with Gasteiger partial charge in [0, 0.05) is 56.1 Å². The number of thiazole rings is 1. The minimum absolute atomic E-state index is 0.0124. The van der Waals surface area contributed by atoms with Crippen molar-refractivity contribution in [2.45, 2.75) is 25.9 Å². The molecule has 3 heterocycles. The van der Waals surface area contributed by atoms with Gasteiger partial charge in [-0.2, -0.15) is 0 Å². The predicted molar refractivity (Wildman–Crippen MR) is 117 cm³/mol. The quantitative estimate of drug-likeness (QED) is 0.534. The van der Waals surface area contributed by atoms with E-state index in [2.05, 4.69) is 44.5 Å². The summed E-state index contributed by atoms with van der Waals surface area (Å²) in [4.78, 5) is 23.2. The largest absolute Gasteiger partial charge is 0.379 e. The van der Waals surface area contributed by atoms with Crippen molar-refractivity contribution < 1.29 is 9.53 Å². The van der Waals surface area contributed by atoms with Crippen LogP contribution in [-0.2, 0) is 29.0 Å². The Bertz CT molecular complexity index is 917. The van der Waals surface area contributed by atoms with E-state index in [1.54, 1.807) is 23.9 Å². The highest BCUT2D eigenvalue weighted by atomic mass is 32.1. The lowest BCUT2D eigenvalue weighted by molar-refractivity contribution is -0.120. The van der Waals surface area contributed by atoms with E-state index in [9.17, 15) is 4.79 Å². The Balaban J connectivity index is 1.23. The highest BCUT2D eigenvalue weighted by molar-refractivity contribution is 7.13. The van der Waals surface area contributed by atoms with Gasteiger partial charge in [-0.05, 0) is 12.0 Å². The number of imidazole rings is 1. The van der Waals surface area contributed by atoms with Crippen molar-refractivity contribution in [2.24, 2.45) is 0 Å². The first-order valence-corrected chi connectivity index (χ1v) is 11.2. The molecule has 1 N–H and O–H groups in total. The normalized spacial score (nSPS) is 14.7. The van der Waals surface area contributed by atoms with Gasteiger partial charge in [-0.15, -0.1) is 11.3 Å². The van der Waals surface area contributed by atoms with Crippen molar-refractivity contribution in [3.05, 3.63) is 59.6 Å². The summed E-state index contributed by atoms with van der Waals surface area (Å²) in [5.41, 5.74) is 3.21. The van der Waals surface area contributed by atoms with Crippen LogP contribution in [0.4, 0.5) is 0 Å². The lowest BCUT2D eigenvalue weighted by atomic mass is 10.1. The molecule has 0 saturated carbocycles. The third-order valence-corrected chi connectivity index (χ3v) is 6.02. The molecule has 0 aliphatic carbocycles. The van der Waals surface area contributed by atoms with E-state index in [0.717, 1.165) is 62.1 Å². The number of hydrogen-bond acceptors (Lipinski definition) is 6. The first-order chi connectivity index (χ1) is 14.8. The molecule has 8 heteroatoms. The van der Waals surface area contributed by atoms with Crippen LogP contribution in [0.5, 0.6) is 0 Å². The number of aryl methyl sites for hydroxylation is 1. The standard InChI is InChI=1S/C22H27N5O2S/c28-21(24-6-1-8-27-9-7-23-17-27)14-20-16-30-22(25-20)19-4-2-18(3-5-19)15-26-10-12-29-13-11-26/h2-5,7,9,16-17H,1,6,8,10-15H2,(H,24,28). The number of carbonyl (C=O) groups is 1. The monoisotopic (exact) mass is 425 g/mol. The minimum atomic E-state index is 0.0124. The van der Waals surface area contributed by atoms with Gasteiger partial charge in [-0.25, -0.2) is 9.97 Å². The summed E-state index contributed by atoms with van der Waals surface area (Å²) in [7, 11) is 0. The van der Waals surface area contributed by atoms with Gasteiger partial charge in [0.15, 0.2) is 0 Å². The molecule has 4 rings (SSSR count). The first-order valence-electron chi connectivity index (χ1n) is 10.3. The molecule has 0 unspecified atom stereocenters. The zero-order valence-electron chi connectivity index (χ0n) is 17.0. The van der Waals surface area contributed by atoms with Crippen molar-refractivity contribution in [2.75, 3.05) is 32.8 Å². The van der Waals surface area contributed by atoms with Crippen LogP contribution in [-0.4, -0.2) is 58.2 Å². The van der Waals surface area contributed by atoms with Crippen LogP contribution in [0, 0.1) is 0 Å². The second-order valence-electron chi connectivity index (χ2n) is 7.41. The molecule has 0 bridgehead atoms. The molecule has 1 aliphatic rings. The van der Waals surface area contributed by atoms with Crippen LogP contribution in [0.2, 0.25) is 0 Å². The molecule has 3 aromatic rings. The van der Waals surface area contributed by atoms with Crippen molar-refractivity contribution in [3.63, 3.8) is 0 Å². The maximum Gasteiger partial charge on any atom is 0.226 e. The van der Waals surface area contributed by atoms with E-state index in [1.807, 2.05) is 16.1 Å². The molecule has 1 aromatic carbocycles. The molecule has 158 valence electrons. The summed E-state index contributed by atoms with van der Waals surface area (Å²) >= 11 is 1.58. The third kappa shape index (κ3) is 5.98. The minimum Gasteiger partial charge on any atom is -0.379 e. The van der Waals surface area contributed by atoms with E-state index in [1.165, 1.54) is 5.56 Å².